The lowest BCUT2D eigenvalue weighted by Crippen LogP contribution is -2.26. The number of hydrogen-bond donors (Lipinski definition) is 2. The molecule has 1 aromatic carbocycles. The van der Waals surface area contributed by atoms with E-state index >= 15 is 0 Å². The third-order valence-corrected chi connectivity index (χ3v) is 5.78. The van der Waals surface area contributed by atoms with Gasteiger partial charge in [0, 0.05) is 29.7 Å². The van der Waals surface area contributed by atoms with Gasteiger partial charge in [-0.2, -0.15) is 0 Å². The van der Waals surface area contributed by atoms with Crippen molar-refractivity contribution in [3.05, 3.63) is 45.7 Å². The van der Waals surface area contributed by atoms with Gasteiger partial charge in [0.25, 0.3) is 5.56 Å². The van der Waals surface area contributed by atoms with E-state index in [1.54, 1.807) is 0 Å². The Balaban J connectivity index is 2.05. The molecule has 1 saturated heterocycles. The summed E-state index contributed by atoms with van der Waals surface area (Å²) in [5.41, 5.74) is 9.86. The zero-order valence-corrected chi connectivity index (χ0v) is 16.3. The van der Waals surface area contributed by atoms with Crippen molar-refractivity contribution in [1.29, 1.82) is 0 Å². The van der Waals surface area contributed by atoms with Crippen LogP contribution in [0.3, 0.4) is 0 Å². The Morgan fingerprint density at radius 3 is 2.54 bits per heavy atom. The number of carbonyl (C=O) groups excluding carboxylic acids is 1. The highest BCUT2D eigenvalue weighted by atomic mass is 32.2. The second-order valence-corrected chi connectivity index (χ2v) is 7.48. The Hall–Kier alpha value is -2.05. The SMILES string of the molecule is CCc1c(-c2ccc(N3CCC(N)C3)cc2)[nH]c(=O)c(C(C)=O)c1SC. The van der Waals surface area contributed by atoms with E-state index in [1.165, 1.54) is 18.7 Å². The summed E-state index contributed by atoms with van der Waals surface area (Å²) in [6, 6.07) is 8.44. The lowest BCUT2D eigenvalue weighted by atomic mass is 10.0. The summed E-state index contributed by atoms with van der Waals surface area (Å²) < 4.78 is 0. The number of H-pyrrole nitrogens is 1. The van der Waals surface area contributed by atoms with Crippen molar-refractivity contribution in [3.63, 3.8) is 0 Å². The zero-order valence-electron chi connectivity index (χ0n) is 15.5. The third-order valence-electron chi connectivity index (χ3n) is 4.92. The number of nitrogens with zero attached hydrogens (tertiary/aromatic N) is 1. The van der Waals surface area contributed by atoms with Crippen molar-refractivity contribution in [2.45, 2.75) is 37.6 Å². The van der Waals surface area contributed by atoms with Gasteiger partial charge in [-0.3, -0.25) is 9.59 Å². The van der Waals surface area contributed by atoms with Crippen LogP contribution in [0, 0.1) is 0 Å². The lowest BCUT2D eigenvalue weighted by Gasteiger charge is -2.19. The van der Waals surface area contributed by atoms with Crippen LogP contribution in [0.2, 0.25) is 0 Å². The molecule has 1 unspecified atom stereocenters. The third kappa shape index (κ3) is 3.44. The maximum atomic E-state index is 12.5. The number of thioether (sulfide) groups is 1. The summed E-state index contributed by atoms with van der Waals surface area (Å²) in [5.74, 6) is -0.197. The van der Waals surface area contributed by atoms with E-state index in [4.69, 9.17) is 5.73 Å². The quantitative estimate of drug-likeness (QED) is 0.624. The van der Waals surface area contributed by atoms with Crippen LogP contribution in [-0.2, 0) is 6.42 Å². The van der Waals surface area contributed by atoms with E-state index in [9.17, 15) is 9.59 Å². The van der Waals surface area contributed by atoms with Gasteiger partial charge >= 0.3 is 0 Å². The highest BCUT2D eigenvalue weighted by Gasteiger charge is 2.21. The van der Waals surface area contributed by atoms with E-state index < -0.39 is 0 Å². The maximum Gasteiger partial charge on any atom is 0.260 e. The summed E-state index contributed by atoms with van der Waals surface area (Å²) >= 11 is 1.46. The molecule has 0 saturated carbocycles. The predicted octanol–water partition coefficient (Wildman–Crippen LogP) is 3.07. The van der Waals surface area contributed by atoms with Crippen LogP contribution in [-0.4, -0.2) is 36.2 Å². The van der Waals surface area contributed by atoms with Gasteiger partial charge in [0.05, 0.1) is 11.3 Å². The molecule has 0 amide bonds. The summed E-state index contributed by atoms with van der Waals surface area (Å²) in [5, 5.41) is 0. The second-order valence-electron chi connectivity index (χ2n) is 6.67. The molecular weight excluding hydrogens is 346 g/mol. The molecule has 26 heavy (non-hydrogen) atoms. The zero-order chi connectivity index (χ0) is 18.8. The molecule has 3 N–H and O–H groups in total. The van der Waals surface area contributed by atoms with Crippen molar-refractivity contribution >= 4 is 23.2 Å². The van der Waals surface area contributed by atoms with Crippen molar-refractivity contribution in [2.75, 3.05) is 24.2 Å². The molecule has 1 aromatic heterocycles. The molecule has 1 atom stereocenters. The van der Waals surface area contributed by atoms with Crippen LogP contribution in [0.5, 0.6) is 0 Å². The molecule has 0 spiro atoms. The molecule has 0 bridgehead atoms. The normalized spacial score (nSPS) is 16.9. The Morgan fingerprint density at radius 1 is 1.35 bits per heavy atom. The van der Waals surface area contributed by atoms with E-state index in [0.29, 0.717) is 0 Å². The number of pyridine rings is 1. The number of hydrogen-bond acceptors (Lipinski definition) is 5. The molecule has 1 aliphatic heterocycles. The van der Waals surface area contributed by atoms with Gasteiger partial charge in [0.15, 0.2) is 5.78 Å². The molecular formula is C20H25N3O2S. The smallest absolute Gasteiger partial charge is 0.260 e. The van der Waals surface area contributed by atoms with Crippen LogP contribution < -0.4 is 16.2 Å². The Kier molecular flexibility index (Phi) is 5.53. The summed E-state index contributed by atoms with van der Waals surface area (Å²) in [6.45, 7) is 5.33. The number of ketones is 1. The minimum Gasteiger partial charge on any atom is -0.370 e. The average Bonchev–Trinajstić information content (AvgIpc) is 3.06. The van der Waals surface area contributed by atoms with Crippen molar-refractivity contribution in [2.24, 2.45) is 5.73 Å². The highest BCUT2D eigenvalue weighted by molar-refractivity contribution is 7.98. The Labute approximate surface area is 158 Å². The number of nitrogens with two attached hydrogens (primary N) is 1. The molecule has 0 aliphatic carbocycles. The van der Waals surface area contributed by atoms with Gasteiger partial charge in [-0.15, -0.1) is 11.8 Å². The first-order valence-electron chi connectivity index (χ1n) is 8.91. The number of benzene rings is 1. The van der Waals surface area contributed by atoms with Crippen molar-refractivity contribution < 1.29 is 4.79 Å². The molecule has 3 rings (SSSR count). The fraction of sp³-hybridized carbons (Fsp3) is 0.400. The number of nitrogens with one attached hydrogen (secondary N) is 1. The van der Waals surface area contributed by atoms with Crippen LogP contribution in [0.1, 0.15) is 36.2 Å². The van der Waals surface area contributed by atoms with E-state index in [-0.39, 0.29) is 22.9 Å². The monoisotopic (exact) mass is 371 g/mol. The predicted molar refractivity (Wildman–Crippen MR) is 108 cm³/mol. The first-order chi connectivity index (χ1) is 12.5. The minimum atomic E-state index is -0.316. The molecule has 2 heterocycles. The number of aromatic amines is 1. The molecule has 0 radical (unpaired) electrons. The molecule has 6 heteroatoms. The summed E-state index contributed by atoms with van der Waals surface area (Å²) in [7, 11) is 0. The van der Waals surface area contributed by atoms with Crippen LogP contribution in [0.4, 0.5) is 5.69 Å². The van der Waals surface area contributed by atoms with Crippen LogP contribution in [0.25, 0.3) is 11.3 Å². The van der Waals surface area contributed by atoms with Gasteiger partial charge in [-0.05, 0) is 49.3 Å². The van der Waals surface area contributed by atoms with Gasteiger partial charge in [0.2, 0.25) is 0 Å². The number of anilines is 1. The maximum absolute atomic E-state index is 12.5. The van der Waals surface area contributed by atoms with Crippen molar-refractivity contribution in [1.82, 2.24) is 4.98 Å². The Morgan fingerprint density at radius 2 is 2.04 bits per heavy atom. The van der Waals surface area contributed by atoms with Crippen LogP contribution >= 0.6 is 11.8 Å². The first kappa shape index (κ1) is 18.7. The molecule has 5 nitrogen and oxygen atoms in total. The van der Waals surface area contributed by atoms with Crippen molar-refractivity contribution in [3.8, 4) is 11.3 Å². The minimum absolute atomic E-state index is 0.197. The van der Waals surface area contributed by atoms with Crippen LogP contribution in [0.15, 0.2) is 34.0 Å². The number of Topliss-reactive ketones (excluding diaryl/α,β-unsaturated/α-hetero) is 1. The average molecular weight is 372 g/mol. The molecule has 1 aliphatic rings. The van der Waals surface area contributed by atoms with E-state index in [2.05, 4.69) is 22.0 Å². The van der Waals surface area contributed by atoms with Gasteiger partial charge in [0.1, 0.15) is 0 Å². The Bertz CT molecular complexity index is 874. The molecule has 1 fully saturated rings. The first-order valence-corrected chi connectivity index (χ1v) is 10.1. The summed E-state index contributed by atoms with van der Waals surface area (Å²) in [4.78, 5) is 30.4. The lowest BCUT2D eigenvalue weighted by molar-refractivity contribution is 0.101. The largest absolute Gasteiger partial charge is 0.370 e. The van der Waals surface area contributed by atoms with Gasteiger partial charge in [-0.25, -0.2) is 0 Å². The fourth-order valence-electron chi connectivity index (χ4n) is 3.61. The highest BCUT2D eigenvalue weighted by Crippen LogP contribution is 2.32. The fourth-order valence-corrected chi connectivity index (χ4v) is 4.54. The standard InChI is InChI=1S/C20H25N3O2S/c1-4-16-18(22-20(25)17(12(2)24)19(16)26-3)13-5-7-15(8-6-13)23-10-9-14(21)11-23/h5-8,14H,4,9-11,21H2,1-3H3,(H,22,25). The number of rotatable bonds is 5. The topological polar surface area (TPSA) is 79.2 Å². The summed E-state index contributed by atoms with van der Waals surface area (Å²) in [6.07, 6.45) is 3.66. The van der Waals surface area contributed by atoms with Gasteiger partial charge in [-0.1, -0.05) is 19.1 Å². The molecule has 138 valence electrons. The van der Waals surface area contributed by atoms with Gasteiger partial charge < -0.3 is 15.6 Å². The van der Waals surface area contributed by atoms with E-state index in [1.807, 2.05) is 25.3 Å². The number of aromatic nitrogens is 1. The second kappa shape index (κ2) is 7.68. The number of carbonyl (C=O) groups is 1. The molecule has 2 aromatic rings. The van der Waals surface area contributed by atoms with E-state index in [0.717, 1.165) is 53.3 Å².